The molecule has 106 valence electrons. The Hall–Kier alpha value is -1.06. The molecule has 2 unspecified atom stereocenters. The highest BCUT2D eigenvalue weighted by atomic mass is 16.2. The van der Waals surface area contributed by atoms with Gasteiger partial charge in [-0.2, -0.15) is 0 Å². The molecular weight excluding hydrogens is 228 g/mol. The lowest BCUT2D eigenvalue weighted by Gasteiger charge is -2.18. The quantitative estimate of drug-likeness (QED) is 0.654. The van der Waals surface area contributed by atoms with Crippen LogP contribution >= 0.6 is 0 Å². The van der Waals surface area contributed by atoms with E-state index in [1.165, 1.54) is 0 Å². The molecule has 0 aromatic carbocycles. The Morgan fingerprint density at radius 2 is 1.06 bits per heavy atom. The summed E-state index contributed by atoms with van der Waals surface area (Å²) in [5.74, 6) is 0.541. The zero-order chi connectivity index (χ0) is 14.3. The smallest absolute Gasteiger partial charge is 0.224 e. The van der Waals surface area contributed by atoms with Crippen LogP contribution in [0.3, 0.4) is 0 Å². The van der Waals surface area contributed by atoms with E-state index in [1.54, 1.807) is 38.0 Å². The van der Waals surface area contributed by atoms with Gasteiger partial charge in [-0.1, -0.05) is 26.7 Å². The molecule has 18 heavy (non-hydrogen) atoms. The molecule has 0 bridgehead atoms. The van der Waals surface area contributed by atoms with Crippen LogP contribution in [0.4, 0.5) is 0 Å². The summed E-state index contributed by atoms with van der Waals surface area (Å²) in [5.41, 5.74) is 0. The monoisotopic (exact) mass is 256 g/mol. The molecule has 0 heterocycles. The maximum Gasteiger partial charge on any atom is 0.224 e. The first kappa shape index (κ1) is 16.9. The Morgan fingerprint density at radius 3 is 1.28 bits per heavy atom. The van der Waals surface area contributed by atoms with Crippen LogP contribution in [-0.2, 0) is 9.59 Å². The molecule has 0 spiro atoms. The third kappa shape index (κ3) is 6.03. The van der Waals surface area contributed by atoms with Crippen LogP contribution in [-0.4, -0.2) is 49.8 Å². The largest absolute Gasteiger partial charge is 0.349 e. The van der Waals surface area contributed by atoms with Crippen molar-refractivity contribution in [1.29, 1.82) is 0 Å². The zero-order valence-electron chi connectivity index (χ0n) is 12.7. The Balaban J connectivity index is 3.80. The summed E-state index contributed by atoms with van der Waals surface area (Å²) in [6.07, 6.45) is 3.82. The average molecular weight is 256 g/mol. The molecule has 0 aliphatic heterocycles. The first-order valence-corrected chi connectivity index (χ1v) is 6.69. The number of amides is 2. The summed E-state index contributed by atoms with van der Waals surface area (Å²) in [7, 11) is 7.15. The van der Waals surface area contributed by atoms with Crippen molar-refractivity contribution in [2.24, 2.45) is 11.8 Å². The molecule has 4 nitrogen and oxygen atoms in total. The Morgan fingerprint density at radius 1 is 0.778 bits per heavy atom. The summed E-state index contributed by atoms with van der Waals surface area (Å²) in [5, 5.41) is 0. The van der Waals surface area contributed by atoms with Crippen LogP contribution in [0.1, 0.15) is 39.5 Å². The van der Waals surface area contributed by atoms with Crippen LogP contribution in [0, 0.1) is 11.8 Å². The molecule has 0 aliphatic rings. The lowest BCUT2D eigenvalue weighted by Crippen LogP contribution is -2.28. The molecule has 2 amide bonds. The third-order valence-corrected chi connectivity index (χ3v) is 3.25. The number of hydrogen-bond donors (Lipinski definition) is 0. The highest BCUT2D eigenvalue weighted by molar-refractivity contribution is 5.78. The van der Waals surface area contributed by atoms with Gasteiger partial charge in [0, 0.05) is 40.0 Å². The number of rotatable bonds is 7. The fourth-order valence-corrected chi connectivity index (χ4v) is 2.03. The first-order chi connectivity index (χ1) is 8.27. The summed E-state index contributed by atoms with van der Waals surface area (Å²) < 4.78 is 0. The highest BCUT2D eigenvalue weighted by Gasteiger charge is 2.16. The van der Waals surface area contributed by atoms with Crippen LogP contribution in [0.2, 0.25) is 0 Å². The highest BCUT2D eigenvalue weighted by Crippen LogP contribution is 2.15. The van der Waals surface area contributed by atoms with Crippen molar-refractivity contribution in [2.45, 2.75) is 39.5 Å². The van der Waals surface area contributed by atoms with Gasteiger partial charge in [-0.15, -0.1) is 0 Å². The van der Waals surface area contributed by atoms with Gasteiger partial charge in [0.25, 0.3) is 0 Å². The van der Waals surface area contributed by atoms with Gasteiger partial charge < -0.3 is 9.80 Å². The molecule has 0 N–H and O–H groups in total. The van der Waals surface area contributed by atoms with Crippen molar-refractivity contribution >= 4 is 11.8 Å². The second-order valence-corrected chi connectivity index (χ2v) is 5.55. The van der Waals surface area contributed by atoms with E-state index in [2.05, 4.69) is 0 Å². The molecule has 0 saturated heterocycles. The molecule has 0 fully saturated rings. The van der Waals surface area contributed by atoms with E-state index >= 15 is 0 Å². The fraction of sp³-hybridized carbons (Fsp3) is 0.857. The van der Waals surface area contributed by atoms with E-state index in [1.807, 2.05) is 13.8 Å². The Labute approximate surface area is 111 Å². The summed E-state index contributed by atoms with van der Waals surface area (Å²) in [6.45, 7) is 3.94. The maximum atomic E-state index is 11.6. The number of unbranched alkanes of at least 4 members (excludes halogenated alkanes) is 1. The predicted molar refractivity (Wildman–Crippen MR) is 74.2 cm³/mol. The first-order valence-electron chi connectivity index (χ1n) is 6.69. The van der Waals surface area contributed by atoms with Gasteiger partial charge in [-0.25, -0.2) is 0 Å². The molecule has 0 aromatic rings. The molecule has 2 atom stereocenters. The second kappa shape index (κ2) is 8.11. The molecule has 4 heteroatoms. The van der Waals surface area contributed by atoms with Gasteiger partial charge in [0.1, 0.15) is 0 Å². The normalized spacial score (nSPS) is 13.9. The lowest BCUT2D eigenvalue weighted by molar-refractivity contribution is -0.133. The van der Waals surface area contributed by atoms with E-state index in [9.17, 15) is 9.59 Å². The van der Waals surface area contributed by atoms with Gasteiger partial charge in [0.05, 0.1) is 0 Å². The van der Waals surface area contributed by atoms with E-state index in [-0.39, 0.29) is 23.7 Å². The van der Waals surface area contributed by atoms with Crippen LogP contribution in [0.15, 0.2) is 0 Å². The molecule has 0 radical (unpaired) electrons. The van der Waals surface area contributed by atoms with Gasteiger partial charge in [-0.3, -0.25) is 9.59 Å². The number of carbonyl (C=O) groups excluding carboxylic acids is 2. The van der Waals surface area contributed by atoms with E-state index in [0.717, 1.165) is 25.7 Å². The molecular formula is C14H28N2O2. The minimum absolute atomic E-state index is 0.0832. The van der Waals surface area contributed by atoms with E-state index in [0.29, 0.717) is 0 Å². The lowest BCUT2D eigenvalue weighted by atomic mass is 9.97. The summed E-state index contributed by atoms with van der Waals surface area (Å²) >= 11 is 0. The van der Waals surface area contributed by atoms with Crippen LogP contribution in [0.5, 0.6) is 0 Å². The SMILES string of the molecule is CC(CCCCC(C)C(=O)N(C)C)C(=O)N(C)C. The van der Waals surface area contributed by atoms with Crippen molar-refractivity contribution in [3.8, 4) is 0 Å². The predicted octanol–water partition coefficient (Wildman–Crippen LogP) is 2.00. The van der Waals surface area contributed by atoms with Gasteiger partial charge in [0.2, 0.25) is 11.8 Å². The second-order valence-electron chi connectivity index (χ2n) is 5.55. The molecule has 0 saturated carbocycles. The van der Waals surface area contributed by atoms with Gasteiger partial charge in [0.15, 0.2) is 0 Å². The van der Waals surface area contributed by atoms with E-state index in [4.69, 9.17) is 0 Å². The average Bonchev–Trinajstić information content (AvgIpc) is 2.31. The Bertz CT molecular complexity index is 247. The van der Waals surface area contributed by atoms with Gasteiger partial charge in [-0.05, 0) is 12.8 Å². The summed E-state index contributed by atoms with van der Waals surface area (Å²) in [6, 6.07) is 0. The van der Waals surface area contributed by atoms with Crippen molar-refractivity contribution in [2.75, 3.05) is 28.2 Å². The minimum atomic E-state index is 0.0832. The standard InChI is InChI=1S/C14H28N2O2/c1-11(13(17)15(3)4)9-7-8-10-12(2)14(18)16(5)6/h11-12H,7-10H2,1-6H3. The van der Waals surface area contributed by atoms with Crippen molar-refractivity contribution < 1.29 is 9.59 Å². The number of carbonyl (C=O) groups is 2. The molecule has 0 rings (SSSR count). The van der Waals surface area contributed by atoms with Crippen molar-refractivity contribution in [3.05, 3.63) is 0 Å². The van der Waals surface area contributed by atoms with Crippen LogP contribution < -0.4 is 0 Å². The maximum absolute atomic E-state index is 11.6. The number of hydrogen-bond acceptors (Lipinski definition) is 2. The van der Waals surface area contributed by atoms with Crippen molar-refractivity contribution in [3.63, 3.8) is 0 Å². The summed E-state index contributed by atoms with van der Waals surface area (Å²) in [4.78, 5) is 26.6. The van der Waals surface area contributed by atoms with Gasteiger partial charge >= 0.3 is 0 Å². The third-order valence-electron chi connectivity index (χ3n) is 3.25. The zero-order valence-corrected chi connectivity index (χ0v) is 12.7. The van der Waals surface area contributed by atoms with E-state index < -0.39 is 0 Å². The topological polar surface area (TPSA) is 40.6 Å². The Kier molecular flexibility index (Phi) is 7.64. The molecule has 0 aliphatic carbocycles. The molecule has 0 aromatic heterocycles. The fourth-order valence-electron chi connectivity index (χ4n) is 2.03. The van der Waals surface area contributed by atoms with Crippen LogP contribution in [0.25, 0.3) is 0 Å². The minimum Gasteiger partial charge on any atom is -0.349 e. The number of nitrogens with zero attached hydrogens (tertiary/aromatic N) is 2. The van der Waals surface area contributed by atoms with Crippen molar-refractivity contribution in [1.82, 2.24) is 9.80 Å².